The molecule has 4 rings (SSSR count). The molecule has 1 aliphatic carbocycles. The maximum absolute atomic E-state index is 12.6. The van der Waals surface area contributed by atoms with E-state index in [4.69, 9.17) is 5.73 Å². The molecule has 1 aliphatic rings. The summed E-state index contributed by atoms with van der Waals surface area (Å²) in [5, 5.41) is 0. The van der Waals surface area contributed by atoms with Gasteiger partial charge in [0.1, 0.15) is 5.82 Å². The molecule has 0 bridgehead atoms. The lowest BCUT2D eigenvalue weighted by Crippen LogP contribution is -2.31. The van der Waals surface area contributed by atoms with Gasteiger partial charge in [0.25, 0.3) is 0 Å². The van der Waals surface area contributed by atoms with E-state index in [1.165, 1.54) is 22.3 Å². The van der Waals surface area contributed by atoms with Gasteiger partial charge in [0.05, 0.1) is 5.92 Å². The maximum atomic E-state index is 12.6. The molecule has 4 heteroatoms. The third kappa shape index (κ3) is 3.39. The van der Waals surface area contributed by atoms with Gasteiger partial charge in [-0.3, -0.25) is 4.79 Å². The number of fused-ring (bicyclic) bond motifs is 2. The van der Waals surface area contributed by atoms with Gasteiger partial charge in [0.15, 0.2) is 0 Å². The third-order valence-electron chi connectivity index (χ3n) is 5.82. The van der Waals surface area contributed by atoms with Crippen molar-refractivity contribution in [3.8, 4) is 0 Å². The molecule has 1 unspecified atom stereocenters. The number of carbonyl (C=O) groups is 1. The summed E-state index contributed by atoms with van der Waals surface area (Å²) in [4.78, 5) is 16.9. The number of carbonyl (C=O) groups excluding carboxylic acids is 1. The van der Waals surface area contributed by atoms with Crippen LogP contribution in [-0.2, 0) is 24.2 Å². The summed E-state index contributed by atoms with van der Waals surface area (Å²) < 4.78 is 2.09. The lowest BCUT2D eigenvalue weighted by atomic mass is 9.77. The number of benzene rings is 2. The highest BCUT2D eigenvalue weighted by Crippen LogP contribution is 2.40. The first-order valence-electron chi connectivity index (χ1n) is 9.58. The first kappa shape index (κ1) is 17.5. The highest BCUT2D eigenvalue weighted by atomic mass is 16.1. The Kier molecular flexibility index (Phi) is 4.80. The molecule has 0 fully saturated rings. The molecule has 1 atom stereocenters. The monoisotopic (exact) mass is 359 g/mol. The highest BCUT2D eigenvalue weighted by molar-refractivity contribution is 5.79. The molecule has 2 N–H and O–H groups in total. The average molecular weight is 359 g/mol. The van der Waals surface area contributed by atoms with E-state index >= 15 is 0 Å². The molecular formula is C23H25N3O. The fourth-order valence-electron chi connectivity index (χ4n) is 4.39. The molecule has 0 saturated heterocycles. The summed E-state index contributed by atoms with van der Waals surface area (Å²) in [5.41, 5.74) is 11.1. The van der Waals surface area contributed by atoms with Gasteiger partial charge in [-0.1, -0.05) is 48.5 Å². The standard InChI is InChI=1S/C23H25N3O/c1-16-25-13-15-26(16)14-12-21(23(24)27)22-19-8-4-2-6-17(19)10-11-18-7-3-5-9-20(18)22/h2-9,13,15,21-22H,10-12,14H2,1H3,(H2,24,27). The topological polar surface area (TPSA) is 60.9 Å². The second-order valence-electron chi connectivity index (χ2n) is 7.34. The summed E-state index contributed by atoms with van der Waals surface area (Å²) in [6.07, 6.45) is 6.44. The minimum absolute atomic E-state index is 0.00114. The Morgan fingerprint density at radius 2 is 1.70 bits per heavy atom. The molecule has 1 amide bonds. The molecule has 0 aliphatic heterocycles. The lowest BCUT2D eigenvalue weighted by Gasteiger charge is -2.27. The Balaban J connectivity index is 1.76. The predicted molar refractivity (Wildman–Crippen MR) is 106 cm³/mol. The van der Waals surface area contributed by atoms with E-state index in [1.54, 1.807) is 6.20 Å². The van der Waals surface area contributed by atoms with Crippen molar-refractivity contribution >= 4 is 5.91 Å². The van der Waals surface area contributed by atoms with Crippen LogP contribution < -0.4 is 5.73 Å². The number of hydrogen-bond acceptors (Lipinski definition) is 2. The minimum Gasteiger partial charge on any atom is -0.369 e. The zero-order chi connectivity index (χ0) is 18.8. The number of rotatable bonds is 5. The second-order valence-corrected chi connectivity index (χ2v) is 7.34. The van der Waals surface area contributed by atoms with E-state index in [1.807, 2.05) is 13.1 Å². The zero-order valence-corrected chi connectivity index (χ0v) is 15.6. The summed E-state index contributed by atoms with van der Waals surface area (Å²) in [7, 11) is 0. The van der Waals surface area contributed by atoms with E-state index in [2.05, 4.69) is 58.1 Å². The number of nitrogens with zero attached hydrogens (tertiary/aromatic N) is 2. The molecule has 2 aromatic carbocycles. The molecule has 138 valence electrons. The lowest BCUT2D eigenvalue weighted by molar-refractivity contribution is -0.122. The Bertz CT molecular complexity index is 912. The number of hydrogen-bond donors (Lipinski definition) is 1. The molecule has 1 heterocycles. The normalized spacial score (nSPS) is 14.9. The quantitative estimate of drug-likeness (QED) is 0.756. The Morgan fingerprint density at radius 3 is 2.22 bits per heavy atom. The fourth-order valence-corrected chi connectivity index (χ4v) is 4.39. The van der Waals surface area contributed by atoms with Crippen molar-refractivity contribution < 1.29 is 4.79 Å². The van der Waals surface area contributed by atoms with Crippen LogP contribution in [0.5, 0.6) is 0 Å². The van der Waals surface area contributed by atoms with Crippen LogP contribution in [0.3, 0.4) is 0 Å². The van der Waals surface area contributed by atoms with Crippen molar-refractivity contribution in [2.24, 2.45) is 11.7 Å². The highest BCUT2D eigenvalue weighted by Gasteiger charge is 2.33. The summed E-state index contributed by atoms with van der Waals surface area (Å²) in [6, 6.07) is 17.0. The first-order chi connectivity index (χ1) is 13.1. The average Bonchev–Trinajstić information content (AvgIpc) is 3.01. The number of amides is 1. The Hall–Kier alpha value is -2.88. The van der Waals surface area contributed by atoms with Crippen LogP contribution in [0.4, 0.5) is 0 Å². The van der Waals surface area contributed by atoms with Crippen molar-refractivity contribution in [2.45, 2.75) is 38.6 Å². The largest absolute Gasteiger partial charge is 0.369 e. The van der Waals surface area contributed by atoms with Gasteiger partial charge in [-0.2, -0.15) is 0 Å². The van der Waals surface area contributed by atoms with Crippen LogP contribution >= 0.6 is 0 Å². The molecule has 0 radical (unpaired) electrons. The van der Waals surface area contributed by atoms with E-state index in [0.29, 0.717) is 6.42 Å². The SMILES string of the molecule is Cc1nccn1CCC(C(N)=O)C1c2ccccc2CCc2ccccc21. The van der Waals surface area contributed by atoms with Crippen molar-refractivity contribution in [1.29, 1.82) is 0 Å². The van der Waals surface area contributed by atoms with Crippen LogP contribution in [0.1, 0.15) is 40.4 Å². The first-order valence-corrected chi connectivity index (χ1v) is 9.58. The predicted octanol–water partition coefficient (Wildman–Crippen LogP) is 3.61. The summed E-state index contributed by atoms with van der Waals surface area (Å²) >= 11 is 0. The number of imidazole rings is 1. The van der Waals surface area contributed by atoms with E-state index in [0.717, 1.165) is 25.2 Å². The van der Waals surface area contributed by atoms with Gasteiger partial charge in [-0.25, -0.2) is 4.98 Å². The number of primary amides is 1. The molecule has 27 heavy (non-hydrogen) atoms. The van der Waals surface area contributed by atoms with Crippen LogP contribution in [0.15, 0.2) is 60.9 Å². The van der Waals surface area contributed by atoms with Crippen LogP contribution in [0.2, 0.25) is 0 Å². The summed E-state index contributed by atoms with van der Waals surface area (Å²) in [6.45, 7) is 2.72. The molecular weight excluding hydrogens is 334 g/mol. The van der Waals surface area contributed by atoms with Gasteiger partial charge in [0.2, 0.25) is 5.91 Å². The third-order valence-corrected chi connectivity index (χ3v) is 5.82. The number of aromatic nitrogens is 2. The van der Waals surface area contributed by atoms with E-state index < -0.39 is 0 Å². The Morgan fingerprint density at radius 1 is 1.11 bits per heavy atom. The van der Waals surface area contributed by atoms with Crippen molar-refractivity contribution in [2.75, 3.05) is 0 Å². The number of aryl methyl sites for hydroxylation is 4. The van der Waals surface area contributed by atoms with Gasteiger partial charge < -0.3 is 10.3 Å². The van der Waals surface area contributed by atoms with Crippen molar-refractivity contribution in [3.63, 3.8) is 0 Å². The molecule has 4 nitrogen and oxygen atoms in total. The second kappa shape index (κ2) is 7.39. The molecule has 3 aromatic rings. The van der Waals surface area contributed by atoms with Crippen LogP contribution in [0.25, 0.3) is 0 Å². The molecule has 0 saturated carbocycles. The zero-order valence-electron chi connectivity index (χ0n) is 15.6. The van der Waals surface area contributed by atoms with Crippen LogP contribution in [-0.4, -0.2) is 15.5 Å². The number of nitrogens with two attached hydrogens (primary N) is 1. The van der Waals surface area contributed by atoms with Gasteiger partial charge >= 0.3 is 0 Å². The Labute approximate surface area is 160 Å². The minimum atomic E-state index is -0.257. The van der Waals surface area contributed by atoms with Crippen LogP contribution in [0, 0.1) is 12.8 Å². The van der Waals surface area contributed by atoms with Gasteiger partial charge in [0, 0.05) is 24.9 Å². The summed E-state index contributed by atoms with van der Waals surface area (Å²) in [5.74, 6) is 0.470. The van der Waals surface area contributed by atoms with Gasteiger partial charge in [-0.15, -0.1) is 0 Å². The maximum Gasteiger partial charge on any atom is 0.221 e. The molecule has 1 aromatic heterocycles. The molecule has 0 spiro atoms. The van der Waals surface area contributed by atoms with Gasteiger partial charge in [-0.05, 0) is 48.4 Å². The van der Waals surface area contributed by atoms with Crippen molar-refractivity contribution in [1.82, 2.24) is 9.55 Å². The smallest absolute Gasteiger partial charge is 0.221 e. The van der Waals surface area contributed by atoms with E-state index in [-0.39, 0.29) is 17.7 Å². The van der Waals surface area contributed by atoms with E-state index in [9.17, 15) is 4.79 Å². The van der Waals surface area contributed by atoms with Crippen molar-refractivity contribution in [3.05, 3.63) is 89.0 Å². The fraction of sp³-hybridized carbons (Fsp3) is 0.304.